The number of esters is 1. The largest absolute Gasteiger partial charge is 0.495 e. The van der Waals surface area contributed by atoms with Crippen LogP contribution in [0, 0.1) is 6.92 Å². The van der Waals surface area contributed by atoms with E-state index in [-0.39, 0.29) is 39.6 Å². The quantitative estimate of drug-likeness (QED) is 0.115. The van der Waals surface area contributed by atoms with Crippen LogP contribution in [-0.2, 0) is 30.2 Å². The Bertz CT molecular complexity index is 992. The second kappa shape index (κ2) is 17.6. The van der Waals surface area contributed by atoms with Gasteiger partial charge < -0.3 is 33.6 Å². The zero-order valence-corrected chi connectivity index (χ0v) is 22.8. The van der Waals surface area contributed by atoms with Crippen molar-refractivity contribution < 1.29 is 38.4 Å². The molecule has 210 valence electrons. The summed E-state index contributed by atoms with van der Waals surface area (Å²) >= 11 is 0. The van der Waals surface area contributed by atoms with E-state index in [1.807, 2.05) is 26.0 Å². The number of furan rings is 1. The number of hydrogen-bond acceptors (Lipinski definition) is 8. The normalized spacial score (nSPS) is 13.2. The standard InChI is InChI=1S/C30H42O8/c1-5-7-8-9-24-10-12-25(13-11-24)29-16-22(3)28(38-29)17-23(4)36-20-26(31)18-34-14-15-35-19-27(32)21-37-30(33)6-2/h6,10-13,16-17,26-27,31-32H,2,5,7-9,14-15,18-21H2,1,3-4H3/b23-17+. The smallest absolute Gasteiger partial charge is 0.330 e. The second-order valence-corrected chi connectivity index (χ2v) is 9.17. The molecule has 0 fully saturated rings. The van der Waals surface area contributed by atoms with Crippen molar-refractivity contribution in [3.63, 3.8) is 0 Å². The fourth-order valence-corrected chi connectivity index (χ4v) is 3.54. The van der Waals surface area contributed by atoms with E-state index in [2.05, 4.69) is 37.8 Å². The molecule has 0 saturated carbocycles. The minimum atomic E-state index is -0.928. The van der Waals surface area contributed by atoms with Gasteiger partial charge in [-0.1, -0.05) is 50.6 Å². The molecule has 0 aliphatic rings. The van der Waals surface area contributed by atoms with E-state index in [4.69, 9.17) is 23.4 Å². The third kappa shape index (κ3) is 12.1. The maximum atomic E-state index is 10.9. The fourth-order valence-electron chi connectivity index (χ4n) is 3.54. The molecule has 38 heavy (non-hydrogen) atoms. The molecule has 2 N–H and O–H groups in total. The van der Waals surface area contributed by atoms with Gasteiger partial charge in [0, 0.05) is 17.7 Å². The molecule has 2 unspecified atom stereocenters. The van der Waals surface area contributed by atoms with E-state index in [0.717, 1.165) is 29.4 Å². The van der Waals surface area contributed by atoms with E-state index in [1.54, 1.807) is 0 Å². The first-order chi connectivity index (χ1) is 18.3. The fraction of sp³-hybridized carbons (Fsp3) is 0.500. The molecule has 0 radical (unpaired) electrons. The predicted octanol–water partition coefficient (Wildman–Crippen LogP) is 4.85. The summed E-state index contributed by atoms with van der Waals surface area (Å²) in [5.74, 6) is 1.54. The van der Waals surface area contributed by atoms with Gasteiger partial charge in [0.25, 0.3) is 0 Å². The summed E-state index contributed by atoms with van der Waals surface area (Å²) in [4.78, 5) is 10.9. The average Bonchev–Trinajstić information content (AvgIpc) is 3.28. The molecular weight excluding hydrogens is 488 g/mol. The van der Waals surface area contributed by atoms with Crippen LogP contribution in [-0.4, -0.2) is 68.0 Å². The Hall–Kier alpha value is -2.91. The number of unbranched alkanes of at least 4 members (excludes halogenated alkanes) is 2. The number of ether oxygens (including phenoxy) is 4. The van der Waals surface area contributed by atoms with Crippen LogP contribution in [0.4, 0.5) is 0 Å². The van der Waals surface area contributed by atoms with Crippen LogP contribution in [0.5, 0.6) is 0 Å². The maximum absolute atomic E-state index is 10.9. The number of carbonyl (C=O) groups is 1. The first-order valence-electron chi connectivity index (χ1n) is 13.1. The van der Waals surface area contributed by atoms with E-state index in [9.17, 15) is 15.0 Å². The molecule has 8 nitrogen and oxygen atoms in total. The van der Waals surface area contributed by atoms with Crippen LogP contribution < -0.4 is 0 Å². The van der Waals surface area contributed by atoms with Crippen LogP contribution in [0.1, 0.15) is 50.0 Å². The van der Waals surface area contributed by atoms with Crippen molar-refractivity contribution in [2.75, 3.05) is 39.6 Å². The number of aliphatic hydroxyl groups is 2. The summed E-state index contributed by atoms with van der Waals surface area (Å²) in [5.41, 5.74) is 3.38. The van der Waals surface area contributed by atoms with E-state index >= 15 is 0 Å². The molecule has 0 aliphatic heterocycles. The van der Waals surface area contributed by atoms with Crippen molar-refractivity contribution in [3.8, 4) is 11.3 Å². The first kappa shape index (κ1) is 31.3. The van der Waals surface area contributed by atoms with Crippen molar-refractivity contribution in [3.05, 3.63) is 65.6 Å². The zero-order valence-electron chi connectivity index (χ0n) is 22.8. The molecule has 0 saturated heterocycles. The highest BCUT2D eigenvalue weighted by Gasteiger charge is 2.11. The highest BCUT2D eigenvalue weighted by molar-refractivity contribution is 5.81. The third-order valence-corrected chi connectivity index (χ3v) is 5.68. The van der Waals surface area contributed by atoms with E-state index in [1.165, 1.54) is 24.8 Å². The lowest BCUT2D eigenvalue weighted by atomic mass is 10.0. The first-order valence-corrected chi connectivity index (χ1v) is 13.1. The van der Waals surface area contributed by atoms with Gasteiger partial charge in [0.2, 0.25) is 0 Å². The lowest BCUT2D eigenvalue weighted by molar-refractivity contribution is -0.142. The second-order valence-electron chi connectivity index (χ2n) is 9.17. The van der Waals surface area contributed by atoms with Crippen molar-refractivity contribution >= 4 is 12.0 Å². The van der Waals surface area contributed by atoms with Crippen LogP contribution >= 0.6 is 0 Å². The highest BCUT2D eigenvalue weighted by atomic mass is 16.6. The van der Waals surface area contributed by atoms with Crippen molar-refractivity contribution in [2.45, 2.75) is 58.7 Å². The summed E-state index contributed by atoms with van der Waals surface area (Å²) in [5, 5.41) is 19.8. The maximum Gasteiger partial charge on any atom is 0.330 e. The Morgan fingerprint density at radius 1 is 1.00 bits per heavy atom. The zero-order chi connectivity index (χ0) is 27.8. The molecule has 1 heterocycles. The summed E-state index contributed by atoms with van der Waals surface area (Å²) < 4.78 is 27.1. The number of aliphatic hydroxyl groups excluding tert-OH is 2. The Morgan fingerprint density at radius 2 is 1.63 bits per heavy atom. The van der Waals surface area contributed by atoms with Gasteiger partial charge in [0.15, 0.2) is 0 Å². The van der Waals surface area contributed by atoms with Crippen LogP contribution in [0.3, 0.4) is 0 Å². The van der Waals surface area contributed by atoms with Gasteiger partial charge in [-0.25, -0.2) is 4.79 Å². The lowest BCUT2D eigenvalue weighted by Crippen LogP contribution is -2.25. The predicted molar refractivity (Wildman–Crippen MR) is 147 cm³/mol. The molecule has 2 atom stereocenters. The van der Waals surface area contributed by atoms with E-state index in [0.29, 0.717) is 11.5 Å². The Labute approximate surface area is 225 Å². The summed E-state index contributed by atoms with van der Waals surface area (Å²) in [7, 11) is 0. The summed E-state index contributed by atoms with van der Waals surface area (Å²) in [6.45, 7) is 9.73. The van der Waals surface area contributed by atoms with Gasteiger partial charge in [-0.05, 0) is 43.9 Å². The Morgan fingerprint density at radius 3 is 2.24 bits per heavy atom. The van der Waals surface area contributed by atoms with Gasteiger partial charge in [0.1, 0.15) is 36.9 Å². The molecule has 0 aliphatic carbocycles. The number of rotatable bonds is 19. The van der Waals surface area contributed by atoms with Gasteiger partial charge in [-0.3, -0.25) is 0 Å². The molecule has 1 aromatic heterocycles. The third-order valence-electron chi connectivity index (χ3n) is 5.68. The van der Waals surface area contributed by atoms with Crippen molar-refractivity contribution in [2.24, 2.45) is 0 Å². The summed E-state index contributed by atoms with van der Waals surface area (Å²) in [6.07, 6.45) is 5.88. The number of allylic oxidation sites excluding steroid dienone is 1. The van der Waals surface area contributed by atoms with Gasteiger partial charge in [-0.2, -0.15) is 0 Å². The number of hydrogen-bond donors (Lipinski definition) is 2. The topological polar surface area (TPSA) is 108 Å². The van der Waals surface area contributed by atoms with Gasteiger partial charge in [-0.15, -0.1) is 0 Å². The molecule has 0 amide bonds. The van der Waals surface area contributed by atoms with Gasteiger partial charge in [0.05, 0.1) is 32.2 Å². The SMILES string of the molecule is C=CC(=O)OCC(O)COCCOCC(O)CO/C(C)=C/c1oc(-c2ccc(CCCCC)cc2)cc1C. The van der Waals surface area contributed by atoms with Crippen molar-refractivity contribution in [1.82, 2.24) is 0 Å². The van der Waals surface area contributed by atoms with E-state index < -0.39 is 18.2 Å². The minimum Gasteiger partial charge on any atom is -0.495 e. The Balaban J connectivity index is 1.68. The minimum absolute atomic E-state index is 0.00169. The van der Waals surface area contributed by atoms with Crippen LogP contribution in [0.2, 0.25) is 0 Å². The van der Waals surface area contributed by atoms with Crippen LogP contribution in [0.25, 0.3) is 17.4 Å². The number of carbonyl (C=O) groups excluding carboxylic acids is 1. The molecule has 2 rings (SSSR count). The lowest BCUT2D eigenvalue weighted by Gasteiger charge is -2.14. The van der Waals surface area contributed by atoms with Crippen LogP contribution in [0.15, 0.2) is 53.2 Å². The molecule has 0 spiro atoms. The summed E-state index contributed by atoms with van der Waals surface area (Å²) in [6, 6.07) is 10.5. The Kier molecular flexibility index (Phi) is 14.5. The van der Waals surface area contributed by atoms with Crippen molar-refractivity contribution in [1.29, 1.82) is 0 Å². The highest BCUT2D eigenvalue weighted by Crippen LogP contribution is 2.27. The number of benzene rings is 1. The number of aryl methyl sites for hydroxylation is 2. The molecular formula is C30H42O8. The molecule has 2 aromatic rings. The van der Waals surface area contributed by atoms with Gasteiger partial charge >= 0.3 is 5.97 Å². The molecule has 8 heteroatoms. The average molecular weight is 531 g/mol. The monoisotopic (exact) mass is 530 g/mol. The molecule has 1 aromatic carbocycles. The molecule has 0 bridgehead atoms.